The highest BCUT2D eigenvalue weighted by atomic mass is 32.2. The Morgan fingerprint density at radius 1 is 0.844 bits per heavy atom. The Morgan fingerprint density at radius 2 is 1.75 bits per heavy atom. The minimum absolute atomic E-state index is 0.231. The van der Waals surface area contributed by atoms with Gasteiger partial charge < -0.3 is 10.6 Å². The predicted octanol–water partition coefficient (Wildman–Crippen LogP) is 3.26. The molecular formula is C23H22N6O2S. The monoisotopic (exact) mass is 446 g/mol. The van der Waals surface area contributed by atoms with E-state index in [-0.39, 0.29) is 6.54 Å². The van der Waals surface area contributed by atoms with E-state index in [2.05, 4.69) is 36.4 Å². The van der Waals surface area contributed by atoms with Gasteiger partial charge in [-0.05, 0) is 52.9 Å². The second kappa shape index (κ2) is 8.52. The average Bonchev–Trinajstić information content (AvgIpc) is 3.24. The van der Waals surface area contributed by atoms with Gasteiger partial charge in [0.25, 0.3) is 0 Å². The molecule has 0 atom stereocenters. The molecule has 0 unspecified atom stereocenters. The van der Waals surface area contributed by atoms with Gasteiger partial charge in [0, 0.05) is 25.4 Å². The fourth-order valence-corrected chi connectivity index (χ4v) is 5.33. The zero-order valence-corrected chi connectivity index (χ0v) is 18.1. The van der Waals surface area contributed by atoms with E-state index in [0.717, 1.165) is 29.2 Å². The maximum absolute atomic E-state index is 13.0. The van der Waals surface area contributed by atoms with Crippen LogP contribution in [0.1, 0.15) is 11.1 Å². The molecule has 1 aliphatic rings. The second-order valence-corrected chi connectivity index (χ2v) is 9.25. The second-order valence-electron chi connectivity index (χ2n) is 7.51. The van der Waals surface area contributed by atoms with Gasteiger partial charge in [-0.1, -0.05) is 30.3 Å². The van der Waals surface area contributed by atoms with E-state index in [4.69, 9.17) is 0 Å². The van der Waals surface area contributed by atoms with Crippen LogP contribution in [-0.4, -0.2) is 36.5 Å². The van der Waals surface area contributed by atoms with Crippen LogP contribution in [0, 0.1) is 0 Å². The highest BCUT2D eigenvalue weighted by Gasteiger charge is 2.24. The largest absolute Gasteiger partial charge is 0.369 e. The first-order chi connectivity index (χ1) is 15.6. The number of pyridine rings is 1. The Morgan fingerprint density at radius 3 is 2.62 bits per heavy atom. The average molecular weight is 447 g/mol. The molecule has 0 bridgehead atoms. The van der Waals surface area contributed by atoms with Crippen LogP contribution in [0.25, 0.3) is 10.8 Å². The van der Waals surface area contributed by atoms with E-state index in [9.17, 15) is 8.42 Å². The van der Waals surface area contributed by atoms with Gasteiger partial charge in [-0.2, -0.15) is 0 Å². The molecule has 0 radical (unpaired) electrons. The highest BCUT2D eigenvalue weighted by molar-refractivity contribution is 7.89. The molecule has 2 heterocycles. The Kier molecular flexibility index (Phi) is 5.42. The standard InChI is InChI=1S/C23H22N6O2S/c30-32(31,19-10-8-17-5-3-4-16-7-9-18(19)23(16)17)28-13-12-25-21-14-22(27-15-26-21)29-20-6-1-2-11-24-20/h1-6,8,10-11,14-15,28H,7,9,12-13H2,(H2,24,25,26,27,29). The minimum atomic E-state index is -3.61. The molecule has 0 fully saturated rings. The van der Waals surface area contributed by atoms with Crippen molar-refractivity contribution >= 4 is 38.2 Å². The predicted molar refractivity (Wildman–Crippen MR) is 125 cm³/mol. The first-order valence-corrected chi connectivity index (χ1v) is 11.9. The van der Waals surface area contributed by atoms with Crippen LogP contribution in [-0.2, 0) is 22.9 Å². The van der Waals surface area contributed by atoms with E-state index in [0.29, 0.717) is 28.9 Å². The number of rotatable bonds is 8. The summed E-state index contributed by atoms with van der Waals surface area (Å²) in [7, 11) is -3.61. The molecule has 3 N–H and O–H groups in total. The Bertz CT molecular complexity index is 1380. The molecule has 0 spiro atoms. The van der Waals surface area contributed by atoms with E-state index >= 15 is 0 Å². The summed E-state index contributed by atoms with van der Waals surface area (Å²) in [4.78, 5) is 12.9. The molecule has 162 valence electrons. The Labute approximate surface area is 186 Å². The molecule has 0 aliphatic heterocycles. The van der Waals surface area contributed by atoms with Gasteiger partial charge in [0.05, 0.1) is 4.90 Å². The van der Waals surface area contributed by atoms with Gasteiger partial charge >= 0.3 is 0 Å². The van der Waals surface area contributed by atoms with Crippen molar-refractivity contribution in [2.45, 2.75) is 17.7 Å². The number of nitrogens with zero attached hydrogens (tertiary/aromatic N) is 3. The molecule has 0 saturated carbocycles. The molecule has 0 amide bonds. The number of nitrogens with one attached hydrogen (secondary N) is 3. The van der Waals surface area contributed by atoms with E-state index in [1.54, 1.807) is 18.3 Å². The van der Waals surface area contributed by atoms with Crippen LogP contribution < -0.4 is 15.4 Å². The van der Waals surface area contributed by atoms with Crippen molar-refractivity contribution in [3.63, 3.8) is 0 Å². The lowest BCUT2D eigenvalue weighted by molar-refractivity contribution is 0.582. The summed E-state index contributed by atoms with van der Waals surface area (Å²) < 4.78 is 28.6. The third-order valence-corrected chi connectivity index (χ3v) is 6.99. The van der Waals surface area contributed by atoms with Crippen molar-refractivity contribution in [3.05, 3.63) is 78.2 Å². The van der Waals surface area contributed by atoms with Crippen molar-refractivity contribution in [1.29, 1.82) is 0 Å². The number of hydrogen-bond donors (Lipinski definition) is 3. The van der Waals surface area contributed by atoms with E-state index in [1.807, 2.05) is 36.4 Å². The Hall–Kier alpha value is -3.56. The van der Waals surface area contributed by atoms with Gasteiger partial charge in [0.15, 0.2) is 0 Å². The minimum Gasteiger partial charge on any atom is -0.369 e. The van der Waals surface area contributed by atoms with Crippen LogP contribution in [0.2, 0.25) is 0 Å². The summed E-state index contributed by atoms with van der Waals surface area (Å²) >= 11 is 0. The van der Waals surface area contributed by atoms with Gasteiger partial charge in [0.1, 0.15) is 23.8 Å². The number of sulfonamides is 1. The normalized spacial score (nSPS) is 12.8. The Balaban J connectivity index is 1.22. The van der Waals surface area contributed by atoms with E-state index in [1.165, 1.54) is 11.9 Å². The number of anilines is 3. The first kappa shape index (κ1) is 20.3. The fourth-order valence-electron chi connectivity index (χ4n) is 4.03. The lowest BCUT2D eigenvalue weighted by Gasteiger charge is -2.12. The summed E-state index contributed by atoms with van der Waals surface area (Å²) in [6.07, 6.45) is 4.76. The van der Waals surface area contributed by atoms with Gasteiger partial charge in [-0.3, -0.25) is 0 Å². The van der Waals surface area contributed by atoms with Crippen molar-refractivity contribution in [3.8, 4) is 0 Å². The molecule has 5 rings (SSSR count). The van der Waals surface area contributed by atoms with Crippen molar-refractivity contribution in [2.75, 3.05) is 23.7 Å². The number of hydrogen-bond acceptors (Lipinski definition) is 7. The molecule has 32 heavy (non-hydrogen) atoms. The third kappa shape index (κ3) is 4.12. The molecule has 9 heteroatoms. The molecular weight excluding hydrogens is 424 g/mol. The van der Waals surface area contributed by atoms with Crippen LogP contribution in [0.5, 0.6) is 0 Å². The number of benzene rings is 2. The van der Waals surface area contributed by atoms with Crippen LogP contribution in [0.4, 0.5) is 17.5 Å². The lowest BCUT2D eigenvalue weighted by atomic mass is 10.1. The summed E-state index contributed by atoms with van der Waals surface area (Å²) in [5.74, 6) is 1.86. The SMILES string of the molecule is O=S(=O)(NCCNc1cc(Nc2ccccn2)ncn1)c1ccc2cccc3c2c1CC3. The maximum atomic E-state index is 13.0. The highest BCUT2D eigenvalue weighted by Crippen LogP contribution is 2.34. The summed E-state index contributed by atoms with van der Waals surface area (Å²) in [6.45, 7) is 0.613. The summed E-state index contributed by atoms with van der Waals surface area (Å²) in [5.41, 5.74) is 2.13. The number of aromatic nitrogens is 3. The van der Waals surface area contributed by atoms with Crippen LogP contribution >= 0.6 is 0 Å². The van der Waals surface area contributed by atoms with Gasteiger partial charge in [-0.15, -0.1) is 0 Å². The van der Waals surface area contributed by atoms with Crippen molar-refractivity contribution in [2.24, 2.45) is 0 Å². The molecule has 8 nitrogen and oxygen atoms in total. The zero-order chi connectivity index (χ0) is 22.0. The fraction of sp³-hybridized carbons (Fsp3) is 0.174. The molecule has 1 aliphatic carbocycles. The molecule has 4 aromatic rings. The number of aryl methyl sites for hydroxylation is 2. The van der Waals surface area contributed by atoms with Gasteiger partial charge in [0.2, 0.25) is 10.0 Å². The zero-order valence-electron chi connectivity index (χ0n) is 17.2. The topological polar surface area (TPSA) is 109 Å². The maximum Gasteiger partial charge on any atom is 0.240 e. The summed E-state index contributed by atoms with van der Waals surface area (Å²) in [5, 5.41) is 8.40. The summed E-state index contributed by atoms with van der Waals surface area (Å²) in [6, 6.07) is 17.0. The molecule has 2 aromatic carbocycles. The molecule has 0 saturated heterocycles. The lowest BCUT2D eigenvalue weighted by Crippen LogP contribution is -2.29. The smallest absolute Gasteiger partial charge is 0.240 e. The third-order valence-electron chi connectivity index (χ3n) is 5.44. The van der Waals surface area contributed by atoms with Crippen molar-refractivity contribution in [1.82, 2.24) is 19.7 Å². The van der Waals surface area contributed by atoms with Crippen molar-refractivity contribution < 1.29 is 8.42 Å². The first-order valence-electron chi connectivity index (χ1n) is 10.4. The van der Waals surface area contributed by atoms with Crippen LogP contribution in [0.15, 0.2) is 72.0 Å². The van der Waals surface area contributed by atoms with Gasteiger partial charge in [-0.25, -0.2) is 28.1 Å². The quantitative estimate of drug-likeness (QED) is 0.357. The molecule has 2 aromatic heterocycles. The van der Waals surface area contributed by atoms with Crippen LogP contribution in [0.3, 0.4) is 0 Å². The van der Waals surface area contributed by atoms with E-state index < -0.39 is 10.0 Å².